The van der Waals surface area contributed by atoms with E-state index in [0.717, 1.165) is 12.1 Å². The quantitative estimate of drug-likeness (QED) is 0.836. The first-order chi connectivity index (χ1) is 9.22. The molecule has 0 aliphatic rings. The van der Waals surface area contributed by atoms with E-state index in [-0.39, 0.29) is 16.1 Å². The molecule has 0 atom stereocenters. The van der Waals surface area contributed by atoms with Crippen molar-refractivity contribution in [2.45, 2.75) is 31.6 Å². The molecule has 1 aromatic carbocycles. The Balaban J connectivity index is 3.35. The van der Waals surface area contributed by atoms with Gasteiger partial charge in [-0.15, -0.1) is 0 Å². The summed E-state index contributed by atoms with van der Waals surface area (Å²) in [5, 5.41) is 8.90. The zero-order chi connectivity index (χ0) is 15.5. The normalized spacial score (nSPS) is 11.8. The molecular formula is C13H16BrFO4S. The molecule has 0 aliphatic carbocycles. The van der Waals surface area contributed by atoms with Crippen molar-refractivity contribution in [3.05, 3.63) is 28.0 Å². The van der Waals surface area contributed by atoms with Crippen LogP contribution in [0.1, 0.15) is 37.0 Å². The summed E-state index contributed by atoms with van der Waals surface area (Å²) < 4.78 is 38.8. The number of carbonyl (C=O) groups is 1. The van der Waals surface area contributed by atoms with E-state index in [9.17, 15) is 17.6 Å². The topological polar surface area (TPSA) is 71.4 Å². The summed E-state index contributed by atoms with van der Waals surface area (Å²) in [5.41, 5.74) is -0.650. The summed E-state index contributed by atoms with van der Waals surface area (Å²) in [5.74, 6) is -2.96. The zero-order valence-corrected chi connectivity index (χ0v) is 13.6. The molecule has 0 aromatic heterocycles. The lowest BCUT2D eigenvalue weighted by Crippen LogP contribution is -2.18. The van der Waals surface area contributed by atoms with Gasteiger partial charge in [0.05, 0.1) is 11.3 Å². The molecule has 0 saturated carbocycles. The summed E-state index contributed by atoms with van der Waals surface area (Å²) in [4.78, 5) is 10.4. The van der Waals surface area contributed by atoms with Crippen molar-refractivity contribution < 1.29 is 22.7 Å². The fourth-order valence-electron chi connectivity index (χ4n) is 1.87. The highest BCUT2D eigenvalue weighted by atomic mass is 79.9. The fraction of sp³-hybridized carbons (Fsp3) is 0.462. The number of sulfone groups is 1. The monoisotopic (exact) mass is 366 g/mol. The fourth-order valence-corrected chi connectivity index (χ4v) is 4.44. The Hall–Kier alpha value is -0.950. The molecule has 7 heteroatoms. The van der Waals surface area contributed by atoms with Crippen LogP contribution < -0.4 is 0 Å². The third-order valence-corrected chi connectivity index (χ3v) is 5.51. The summed E-state index contributed by atoms with van der Waals surface area (Å²) in [7, 11) is -3.86. The molecule has 0 aliphatic heterocycles. The molecule has 1 N–H and O–H groups in total. The number of halogens is 2. The molecule has 0 radical (unpaired) electrons. The molecule has 0 amide bonds. The Kier molecular flexibility index (Phi) is 5.70. The molecular weight excluding hydrogens is 351 g/mol. The third kappa shape index (κ3) is 3.79. The second kappa shape index (κ2) is 6.67. The van der Waals surface area contributed by atoms with Gasteiger partial charge in [-0.3, -0.25) is 0 Å². The summed E-state index contributed by atoms with van der Waals surface area (Å²) in [6.07, 6.45) is 1.33. The van der Waals surface area contributed by atoms with E-state index in [1.807, 2.05) is 13.8 Å². The van der Waals surface area contributed by atoms with Gasteiger partial charge in [0.2, 0.25) is 0 Å². The van der Waals surface area contributed by atoms with E-state index in [1.165, 1.54) is 0 Å². The van der Waals surface area contributed by atoms with Crippen molar-refractivity contribution in [3.63, 3.8) is 0 Å². The minimum absolute atomic E-state index is 0.0772. The minimum Gasteiger partial charge on any atom is -0.478 e. The number of benzene rings is 1. The van der Waals surface area contributed by atoms with Crippen molar-refractivity contribution in [1.82, 2.24) is 0 Å². The number of rotatable bonds is 6. The molecule has 20 heavy (non-hydrogen) atoms. The van der Waals surface area contributed by atoms with Gasteiger partial charge in [-0.1, -0.05) is 42.6 Å². The lowest BCUT2D eigenvalue weighted by Gasteiger charge is -2.14. The van der Waals surface area contributed by atoms with E-state index in [4.69, 9.17) is 5.11 Å². The van der Waals surface area contributed by atoms with Crippen LogP contribution in [0.15, 0.2) is 21.5 Å². The van der Waals surface area contributed by atoms with Crippen molar-refractivity contribution in [1.29, 1.82) is 0 Å². The Morgan fingerprint density at radius 1 is 1.35 bits per heavy atom. The first-order valence-electron chi connectivity index (χ1n) is 6.18. The highest BCUT2D eigenvalue weighted by Crippen LogP contribution is 2.27. The van der Waals surface area contributed by atoms with Crippen LogP contribution in [0.3, 0.4) is 0 Å². The molecule has 0 fully saturated rings. The molecule has 1 rings (SSSR count). The molecule has 0 saturated heterocycles. The van der Waals surface area contributed by atoms with E-state index < -0.39 is 32.1 Å². The highest BCUT2D eigenvalue weighted by molar-refractivity contribution is 9.10. The van der Waals surface area contributed by atoms with Crippen LogP contribution in [0.2, 0.25) is 0 Å². The largest absolute Gasteiger partial charge is 0.478 e. The average molecular weight is 367 g/mol. The van der Waals surface area contributed by atoms with Gasteiger partial charge in [-0.05, 0) is 18.1 Å². The van der Waals surface area contributed by atoms with Gasteiger partial charge in [-0.2, -0.15) is 0 Å². The van der Waals surface area contributed by atoms with E-state index in [1.54, 1.807) is 0 Å². The standard InChI is InChI=1S/C13H16BrFO4S/c1-3-8(4-2)7-20(18,19)11-6-9(14)5-10(12(11)15)13(16)17/h5-6,8H,3-4,7H2,1-2H3,(H,16,17). The lowest BCUT2D eigenvalue weighted by atomic mass is 10.1. The van der Waals surface area contributed by atoms with E-state index in [2.05, 4.69) is 15.9 Å². The van der Waals surface area contributed by atoms with Gasteiger partial charge < -0.3 is 5.11 Å². The number of carboxylic acid groups (broad SMARTS) is 1. The van der Waals surface area contributed by atoms with Gasteiger partial charge in [0.1, 0.15) is 4.90 Å². The molecule has 1 aromatic rings. The first kappa shape index (κ1) is 17.1. The van der Waals surface area contributed by atoms with E-state index in [0.29, 0.717) is 12.8 Å². The molecule has 0 bridgehead atoms. The maximum atomic E-state index is 14.1. The molecule has 0 heterocycles. The number of hydrogen-bond donors (Lipinski definition) is 1. The molecule has 0 spiro atoms. The summed E-state index contributed by atoms with van der Waals surface area (Å²) in [6.45, 7) is 3.73. The highest BCUT2D eigenvalue weighted by Gasteiger charge is 2.26. The summed E-state index contributed by atoms with van der Waals surface area (Å²) in [6, 6.07) is 2.16. The Morgan fingerprint density at radius 2 is 1.90 bits per heavy atom. The Bertz CT molecular complexity index is 609. The Morgan fingerprint density at radius 3 is 2.35 bits per heavy atom. The van der Waals surface area contributed by atoms with Crippen LogP contribution in [0.4, 0.5) is 4.39 Å². The van der Waals surface area contributed by atoms with Gasteiger partial charge in [-0.25, -0.2) is 17.6 Å². The van der Waals surface area contributed by atoms with Crippen LogP contribution in [0.25, 0.3) is 0 Å². The van der Waals surface area contributed by atoms with Crippen LogP contribution >= 0.6 is 15.9 Å². The van der Waals surface area contributed by atoms with Crippen molar-refractivity contribution in [2.24, 2.45) is 5.92 Å². The van der Waals surface area contributed by atoms with Crippen LogP contribution in [-0.2, 0) is 9.84 Å². The van der Waals surface area contributed by atoms with Gasteiger partial charge in [0, 0.05) is 4.47 Å². The summed E-state index contributed by atoms with van der Waals surface area (Å²) >= 11 is 3.01. The predicted molar refractivity (Wildman–Crippen MR) is 77.2 cm³/mol. The second-order valence-electron chi connectivity index (χ2n) is 4.53. The van der Waals surface area contributed by atoms with Crippen LogP contribution in [-0.4, -0.2) is 25.2 Å². The SMILES string of the molecule is CCC(CC)CS(=O)(=O)c1cc(Br)cc(C(=O)O)c1F. The number of carboxylic acids is 1. The predicted octanol–water partition coefficient (Wildman–Crippen LogP) is 3.50. The third-order valence-electron chi connectivity index (χ3n) is 3.18. The van der Waals surface area contributed by atoms with Crippen LogP contribution in [0, 0.1) is 11.7 Å². The molecule has 0 unspecified atom stereocenters. The molecule has 112 valence electrons. The minimum atomic E-state index is -3.86. The van der Waals surface area contributed by atoms with Crippen molar-refractivity contribution in [2.75, 3.05) is 5.75 Å². The maximum Gasteiger partial charge on any atom is 0.338 e. The Labute approximate surface area is 126 Å². The smallest absolute Gasteiger partial charge is 0.338 e. The van der Waals surface area contributed by atoms with Crippen molar-refractivity contribution in [3.8, 4) is 0 Å². The second-order valence-corrected chi connectivity index (χ2v) is 7.45. The lowest BCUT2D eigenvalue weighted by molar-refractivity contribution is 0.0691. The zero-order valence-electron chi connectivity index (χ0n) is 11.2. The van der Waals surface area contributed by atoms with Crippen LogP contribution in [0.5, 0.6) is 0 Å². The van der Waals surface area contributed by atoms with Crippen molar-refractivity contribution >= 4 is 31.7 Å². The van der Waals surface area contributed by atoms with E-state index >= 15 is 0 Å². The number of hydrogen-bond acceptors (Lipinski definition) is 3. The average Bonchev–Trinajstić information content (AvgIpc) is 2.37. The van der Waals surface area contributed by atoms with Gasteiger partial charge >= 0.3 is 5.97 Å². The first-order valence-corrected chi connectivity index (χ1v) is 8.62. The maximum absolute atomic E-state index is 14.1. The van der Waals surface area contributed by atoms with Gasteiger partial charge in [0.25, 0.3) is 0 Å². The van der Waals surface area contributed by atoms with Gasteiger partial charge in [0.15, 0.2) is 15.7 Å². The number of aromatic carboxylic acids is 1. The molecule has 4 nitrogen and oxygen atoms in total.